The Kier molecular flexibility index (Phi) is 5.42. The highest BCUT2D eigenvalue weighted by Gasteiger charge is 2.42. The molecule has 0 saturated carbocycles. The number of alkyl halides is 6. The summed E-state index contributed by atoms with van der Waals surface area (Å²) in [6.07, 6.45) is -7.84. The van der Waals surface area contributed by atoms with Crippen molar-refractivity contribution in [3.8, 4) is 11.3 Å². The van der Waals surface area contributed by atoms with Crippen LogP contribution in [0.5, 0.6) is 0 Å². The minimum atomic E-state index is -5.06. The summed E-state index contributed by atoms with van der Waals surface area (Å²) >= 11 is 0. The van der Waals surface area contributed by atoms with Crippen LogP contribution >= 0.6 is 0 Å². The van der Waals surface area contributed by atoms with Gasteiger partial charge >= 0.3 is 12.4 Å². The number of rotatable bonds is 3. The molecule has 0 bridgehead atoms. The summed E-state index contributed by atoms with van der Waals surface area (Å²) in [5.41, 5.74) is -5.23. The Morgan fingerprint density at radius 3 is 2.44 bits per heavy atom. The zero-order chi connectivity index (χ0) is 24.8. The maximum Gasteiger partial charge on any atom is 0.433 e. The van der Waals surface area contributed by atoms with Gasteiger partial charge in [0.2, 0.25) is 0 Å². The third kappa shape index (κ3) is 4.11. The molecule has 0 aliphatic rings. The number of anilines is 1. The van der Waals surface area contributed by atoms with Gasteiger partial charge < -0.3 is 10.3 Å². The predicted octanol–water partition coefficient (Wildman–Crippen LogP) is 4.61. The van der Waals surface area contributed by atoms with E-state index >= 15 is 0 Å². The summed E-state index contributed by atoms with van der Waals surface area (Å²) in [5, 5.41) is 6.20. The molecule has 2 N–H and O–H groups in total. The Labute approximate surface area is 186 Å². The van der Waals surface area contributed by atoms with Gasteiger partial charge in [-0.15, -0.1) is 0 Å². The second-order valence-corrected chi connectivity index (χ2v) is 7.15. The van der Waals surface area contributed by atoms with Gasteiger partial charge in [-0.05, 0) is 29.7 Å². The number of carbonyl (C=O) groups is 1. The first-order chi connectivity index (χ1) is 15.9. The number of hydrogen-bond donors (Lipinski definition) is 2. The summed E-state index contributed by atoms with van der Waals surface area (Å²) in [6, 6.07) is 7.02. The van der Waals surface area contributed by atoms with Crippen molar-refractivity contribution in [2.45, 2.75) is 12.4 Å². The Balaban J connectivity index is 1.86. The molecule has 0 radical (unpaired) electrons. The third-order valence-corrected chi connectivity index (χ3v) is 4.92. The van der Waals surface area contributed by atoms with E-state index in [1.807, 2.05) is 5.32 Å². The van der Waals surface area contributed by atoms with E-state index in [0.717, 1.165) is 19.3 Å². The van der Waals surface area contributed by atoms with Crippen LogP contribution in [0.2, 0.25) is 0 Å². The van der Waals surface area contributed by atoms with Gasteiger partial charge in [0.05, 0.1) is 0 Å². The largest absolute Gasteiger partial charge is 0.433 e. The maximum atomic E-state index is 14.1. The average molecular weight is 481 g/mol. The van der Waals surface area contributed by atoms with E-state index in [9.17, 15) is 35.9 Å². The molecule has 4 rings (SSSR count). The average Bonchev–Trinajstić information content (AvgIpc) is 3.11. The number of halogens is 6. The molecule has 13 heteroatoms. The van der Waals surface area contributed by atoms with Gasteiger partial charge in [-0.25, -0.2) is 0 Å². The molecule has 0 aliphatic carbocycles. The van der Waals surface area contributed by atoms with Gasteiger partial charge in [-0.2, -0.15) is 31.4 Å². The molecular formula is C21H13F6N5O2. The fraction of sp³-hybridized carbons (Fsp3) is 0.143. The lowest BCUT2D eigenvalue weighted by Gasteiger charge is -2.13. The first kappa shape index (κ1) is 23.0. The molecule has 1 amide bonds. The Morgan fingerprint density at radius 1 is 1.03 bits per heavy atom. The highest BCUT2D eigenvalue weighted by molar-refractivity contribution is 6.06. The molecule has 0 saturated heterocycles. The Hall–Kier alpha value is -4.16. The van der Waals surface area contributed by atoms with Crippen LogP contribution in [0.25, 0.3) is 22.0 Å². The van der Waals surface area contributed by atoms with E-state index in [4.69, 9.17) is 0 Å². The van der Waals surface area contributed by atoms with E-state index in [0.29, 0.717) is 10.7 Å². The summed E-state index contributed by atoms with van der Waals surface area (Å²) in [7, 11) is 1.10. The van der Waals surface area contributed by atoms with Gasteiger partial charge in [0.1, 0.15) is 22.6 Å². The molecule has 176 valence electrons. The summed E-state index contributed by atoms with van der Waals surface area (Å²) < 4.78 is 81.8. The van der Waals surface area contributed by atoms with Crippen molar-refractivity contribution in [1.82, 2.24) is 19.7 Å². The van der Waals surface area contributed by atoms with Gasteiger partial charge in [0.25, 0.3) is 11.5 Å². The van der Waals surface area contributed by atoms with Crippen LogP contribution in [-0.2, 0) is 19.4 Å². The van der Waals surface area contributed by atoms with Crippen LogP contribution < -0.4 is 10.9 Å². The number of carbonyl (C=O) groups excluding carboxylic acids is 1. The number of pyridine rings is 2. The fourth-order valence-electron chi connectivity index (χ4n) is 3.52. The van der Waals surface area contributed by atoms with E-state index in [-0.39, 0.29) is 16.3 Å². The molecular weight excluding hydrogens is 468 g/mol. The van der Waals surface area contributed by atoms with Crippen molar-refractivity contribution in [1.29, 1.82) is 0 Å². The first-order valence-electron chi connectivity index (χ1n) is 9.47. The lowest BCUT2D eigenvalue weighted by Crippen LogP contribution is -2.21. The van der Waals surface area contributed by atoms with Gasteiger partial charge in [-0.1, -0.05) is 12.1 Å². The Bertz CT molecular complexity index is 1470. The van der Waals surface area contributed by atoms with Crippen molar-refractivity contribution in [2.24, 2.45) is 7.05 Å². The summed E-state index contributed by atoms with van der Waals surface area (Å²) in [5.74, 6) is -1.33. The van der Waals surface area contributed by atoms with E-state index < -0.39 is 52.2 Å². The van der Waals surface area contributed by atoms with Crippen LogP contribution in [0.3, 0.4) is 0 Å². The SMILES string of the molecule is Cn1nc(-c2cccc3c(=O)[nH]ccc23)c(C(F)(F)F)c1C(=O)Nc1ccnc(C(F)(F)F)c1. The summed E-state index contributed by atoms with van der Waals surface area (Å²) in [6.45, 7) is 0. The van der Waals surface area contributed by atoms with Gasteiger partial charge in [0, 0.05) is 36.1 Å². The number of nitrogens with one attached hydrogen (secondary N) is 2. The van der Waals surface area contributed by atoms with Crippen molar-refractivity contribution in [3.05, 3.63) is 76.1 Å². The van der Waals surface area contributed by atoms with E-state index in [1.165, 1.54) is 30.5 Å². The topological polar surface area (TPSA) is 92.7 Å². The summed E-state index contributed by atoms with van der Waals surface area (Å²) in [4.78, 5) is 30.4. The second-order valence-electron chi connectivity index (χ2n) is 7.15. The van der Waals surface area contributed by atoms with Crippen molar-refractivity contribution in [2.75, 3.05) is 5.32 Å². The molecule has 0 atom stereocenters. The van der Waals surface area contributed by atoms with E-state index in [2.05, 4.69) is 15.1 Å². The number of aromatic nitrogens is 4. The zero-order valence-corrected chi connectivity index (χ0v) is 17.0. The predicted molar refractivity (Wildman–Crippen MR) is 109 cm³/mol. The van der Waals surface area contributed by atoms with Crippen LogP contribution in [0.15, 0.2) is 53.6 Å². The molecule has 4 aromatic rings. The number of nitrogens with zero attached hydrogens (tertiary/aromatic N) is 3. The molecule has 3 heterocycles. The fourth-order valence-corrected chi connectivity index (χ4v) is 3.52. The highest BCUT2D eigenvalue weighted by Crippen LogP contribution is 2.41. The zero-order valence-electron chi connectivity index (χ0n) is 17.0. The van der Waals surface area contributed by atoms with E-state index in [1.54, 1.807) is 0 Å². The number of aryl methyl sites for hydroxylation is 1. The van der Waals surface area contributed by atoms with Crippen LogP contribution in [0, 0.1) is 0 Å². The standard InChI is InChI=1S/C21H13F6N5O2/c1-32-17(19(34)30-10-5-7-28-14(9-10)20(22,23)24)15(21(25,26)27)16(31-32)12-3-2-4-13-11(12)6-8-29-18(13)33/h2-9H,1H3,(H,29,33)(H,28,30,34). The number of fused-ring (bicyclic) bond motifs is 1. The minimum Gasteiger partial charge on any atom is -0.329 e. The normalized spacial score (nSPS) is 12.2. The lowest BCUT2D eigenvalue weighted by molar-refractivity contribution is -0.141. The molecule has 0 unspecified atom stereocenters. The molecule has 3 aromatic heterocycles. The molecule has 34 heavy (non-hydrogen) atoms. The van der Waals surface area contributed by atoms with Crippen LogP contribution in [0.1, 0.15) is 21.7 Å². The minimum absolute atomic E-state index is 0.0474. The number of benzene rings is 1. The quantitative estimate of drug-likeness (QED) is 0.418. The maximum absolute atomic E-state index is 14.1. The highest BCUT2D eigenvalue weighted by atomic mass is 19.4. The number of amides is 1. The molecule has 1 aromatic carbocycles. The van der Waals surface area contributed by atoms with Crippen molar-refractivity contribution < 1.29 is 31.1 Å². The van der Waals surface area contributed by atoms with Gasteiger partial charge in [0.15, 0.2) is 0 Å². The monoisotopic (exact) mass is 481 g/mol. The third-order valence-electron chi connectivity index (χ3n) is 4.92. The van der Waals surface area contributed by atoms with Gasteiger partial charge in [-0.3, -0.25) is 19.3 Å². The molecule has 0 aliphatic heterocycles. The van der Waals surface area contributed by atoms with Crippen molar-refractivity contribution >= 4 is 22.4 Å². The van der Waals surface area contributed by atoms with Crippen LogP contribution in [0.4, 0.5) is 32.0 Å². The molecule has 0 fully saturated rings. The molecule has 7 nitrogen and oxygen atoms in total. The lowest BCUT2D eigenvalue weighted by atomic mass is 9.99. The second kappa shape index (κ2) is 8.01. The number of hydrogen-bond acceptors (Lipinski definition) is 4. The first-order valence-corrected chi connectivity index (χ1v) is 9.47. The van der Waals surface area contributed by atoms with Crippen molar-refractivity contribution in [3.63, 3.8) is 0 Å². The number of aromatic amines is 1. The van der Waals surface area contributed by atoms with Crippen LogP contribution in [-0.4, -0.2) is 25.7 Å². The molecule has 0 spiro atoms. The number of H-pyrrole nitrogens is 1. The smallest absolute Gasteiger partial charge is 0.329 e. The Morgan fingerprint density at radius 2 is 1.76 bits per heavy atom.